The molecule has 1 fully saturated rings. The van der Waals surface area contributed by atoms with Crippen molar-refractivity contribution in [1.29, 1.82) is 0 Å². The molecule has 168 valence electrons. The van der Waals surface area contributed by atoms with Gasteiger partial charge in [-0.3, -0.25) is 14.4 Å². The molecule has 3 amide bonds. The van der Waals surface area contributed by atoms with Gasteiger partial charge in [-0.25, -0.2) is 5.43 Å². The monoisotopic (exact) mass is 502 g/mol. The number of rotatable bonds is 8. The summed E-state index contributed by atoms with van der Waals surface area (Å²) in [5, 5.41) is 9.07. The summed E-state index contributed by atoms with van der Waals surface area (Å²) in [6, 6.07) is 14.2. The van der Waals surface area contributed by atoms with Crippen LogP contribution in [0.3, 0.4) is 0 Å². The zero-order valence-corrected chi connectivity index (χ0v) is 18.8. The topological polar surface area (TPSA) is 118 Å². The molecular weight excluding hydrogens is 480 g/mol. The fourth-order valence-electron chi connectivity index (χ4n) is 2.92. The number of para-hydroxylation sites is 1. The Morgan fingerprint density at radius 2 is 1.97 bits per heavy atom. The Balaban J connectivity index is 1.51. The van der Waals surface area contributed by atoms with E-state index in [9.17, 15) is 14.4 Å². The lowest BCUT2D eigenvalue weighted by molar-refractivity contribution is -0.139. The summed E-state index contributed by atoms with van der Waals surface area (Å²) >= 11 is 3.36. The number of ether oxygens (including phenoxy) is 2. The Morgan fingerprint density at radius 3 is 2.72 bits per heavy atom. The first-order valence-corrected chi connectivity index (χ1v) is 10.8. The smallest absolute Gasteiger partial charge is 0.329 e. The Bertz CT molecular complexity index is 978. The van der Waals surface area contributed by atoms with E-state index in [0.29, 0.717) is 23.6 Å². The fourth-order valence-corrected chi connectivity index (χ4v) is 3.30. The lowest BCUT2D eigenvalue weighted by Gasteiger charge is -2.10. The Labute approximate surface area is 193 Å². The normalized spacial score (nSPS) is 15.3. The van der Waals surface area contributed by atoms with Crippen molar-refractivity contribution in [2.45, 2.75) is 18.9 Å². The van der Waals surface area contributed by atoms with Crippen molar-refractivity contribution in [1.82, 2.24) is 10.7 Å². The molecule has 10 heteroatoms. The van der Waals surface area contributed by atoms with Gasteiger partial charge in [0.05, 0.1) is 12.3 Å². The van der Waals surface area contributed by atoms with Crippen LogP contribution in [0.1, 0.15) is 18.4 Å². The van der Waals surface area contributed by atoms with Crippen LogP contribution in [0.15, 0.2) is 58.1 Å². The molecule has 1 aliphatic heterocycles. The minimum Gasteiger partial charge on any atom is -0.483 e. The quantitative estimate of drug-likeness (QED) is 0.290. The van der Waals surface area contributed by atoms with Crippen molar-refractivity contribution in [3.63, 3.8) is 0 Å². The molecule has 32 heavy (non-hydrogen) atoms. The second kappa shape index (κ2) is 12.0. The summed E-state index contributed by atoms with van der Waals surface area (Å²) in [4.78, 5) is 35.9. The van der Waals surface area contributed by atoms with Crippen molar-refractivity contribution in [2.75, 3.05) is 25.1 Å². The molecule has 0 aromatic heterocycles. The van der Waals surface area contributed by atoms with E-state index in [1.54, 1.807) is 30.3 Å². The summed E-state index contributed by atoms with van der Waals surface area (Å²) in [6.45, 7) is 0.738. The molecule has 2 aromatic carbocycles. The van der Waals surface area contributed by atoms with E-state index in [0.717, 1.165) is 17.3 Å². The number of amides is 3. The average Bonchev–Trinajstić information content (AvgIpc) is 3.31. The van der Waals surface area contributed by atoms with Crippen molar-refractivity contribution in [3.05, 3.63) is 58.6 Å². The molecular formula is C22H23BrN4O5. The number of anilines is 1. The number of nitrogens with zero attached hydrogens (tertiary/aromatic N) is 1. The third-order valence-electron chi connectivity index (χ3n) is 4.48. The number of hydrogen-bond acceptors (Lipinski definition) is 6. The number of hydrazone groups is 1. The van der Waals surface area contributed by atoms with E-state index < -0.39 is 11.8 Å². The van der Waals surface area contributed by atoms with E-state index in [2.05, 4.69) is 37.1 Å². The second-order valence-electron chi connectivity index (χ2n) is 6.93. The third-order valence-corrected chi connectivity index (χ3v) is 4.97. The van der Waals surface area contributed by atoms with Crippen LogP contribution in [0, 0.1) is 0 Å². The Kier molecular flexibility index (Phi) is 8.76. The van der Waals surface area contributed by atoms with Crippen LogP contribution >= 0.6 is 15.9 Å². The van der Waals surface area contributed by atoms with Gasteiger partial charge < -0.3 is 20.1 Å². The minimum absolute atomic E-state index is 0.0595. The lowest BCUT2D eigenvalue weighted by Crippen LogP contribution is -2.41. The van der Waals surface area contributed by atoms with Crippen LogP contribution in [0.2, 0.25) is 0 Å². The molecule has 3 N–H and O–H groups in total. The first-order valence-electron chi connectivity index (χ1n) is 10.0. The maximum absolute atomic E-state index is 12.1. The van der Waals surface area contributed by atoms with Crippen molar-refractivity contribution < 1.29 is 23.9 Å². The van der Waals surface area contributed by atoms with Gasteiger partial charge in [-0.05, 0) is 43.2 Å². The van der Waals surface area contributed by atoms with Crippen LogP contribution in [0.4, 0.5) is 5.69 Å². The number of nitrogens with one attached hydrogen (secondary N) is 3. The van der Waals surface area contributed by atoms with Crippen molar-refractivity contribution >= 4 is 45.6 Å². The number of benzene rings is 2. The highest BCUT2D eigenvalue weighted by Crippen LogP contribution is 2.22. The summed E-state index contributed by atoms with van der Waals surface area (Å²) in [6.07, 6.45) is 3.08. The van der Waals surface area contributed by atoms with Gasteiger partial charge in [0.15, 0.2) is 6.61 Å². The molecule has 0 unspecified atom stereocenters. The SMILES string of the molecule is O=C(COc1ccc(Br)cc1/C=N\NC(=O)C(=O)NC[C@@H]1CCCO1)Nc1ccccc1. The number of hydrogen-bond donors (Lipinski definition) is 3. The summed E-state index contributed by atoms with van der Waals surface area (Å²) in [5.41, 5.74) is 3.35. The lowest BCUT2D eigenvalue weighted by atomic mass is 10.2. The minimum atomic E-state index is -0.890. The number of carbonyl (C=O) groups is 3. The highest BCUT2D eigenvalue weighted by molar-refractivity contribution is 9.10. The molecule has 2 aromatic rings. The van der Waals surface area contributed by atoms with Gasteiger partial charge >= 0.3 is 11.8 Å². The third kappa shape index (κ3) is 7.47. The van der Waals surface area contributed by atoms with Crippen molar-refractivity contribution in [2.24, 2.45) is 5.10 Å². The summed E-state index contributed by atoms with van der Waals surface area (Å²) < 4.78 is 11.7. The van der Waals surface area contributed by atoms with Gasteiger partial charge in [-0.1, -0.05) is 34.1 Å². The van der Waals surface area contributed by atoms with E-state index in [4.69, 9.17) is 9.47 Å². The Hall–Kier alpha value is -3.24. The van der Waals surface area contributed by atoms with Crippen LogP contribution in [0.5, 0.6) is 5.75 Å². The number of halogens is 1. The van der Waals surface area contributed by atoms with Crippen molar-refractivity contribution in [3.8, 4) is 5.75 Å². The predicted molar refractivity (Wildman–Crippen MR) is 122 cm³/mol. The maximum atomic E-state index is 12.1. The zero-order chi connectivity index (χ0) is 22.8. The standard InChI is InChI=1S/C22H23BrN4O5/c23-16-8-9-19(32-14-20(28)26-17-5-2-1-3-6-17)15(11-16)12-25-27-22(30)21(29)24-13-18-7-4-10-31-18/h1-3,5-6,8-9,11-12,18H,4,7,10,13-14H2,(H,24,29)(H,26,28)(H,27,30)/b25-12-/t18-/m0/s1. The van der Waals surface area contributed by atoms with E-state index in [1.807, 2.05) is 18.2 Å². The molecule has 9 nitrogen and oxygen atoms in total. The molecule has 0 spiro atoms. The first-order chi connectivity index (χ1) is 15.5. The molecule has 1 heterocycles. The molecule has 3 rings (SSSR count). The van der Waals surface area contributed by atoms with E-state index in [1.165, 1.54) is 6.21 Å². The Morgan fingerprint density at radius 1 is 1.16 bits per heavy atom. The molecule has 0 radical (unpaired) electrons. The maximum Gasteiger partial charge on any atom is 0.329 e. The van der Waals surface area contributed by atoms with Crippen LogP contribution < -0.4 is 20.8 Å². The average molecular weight is 503 g/mol. The van der Waals surface area contributed by atoms with Gasteiger partial charge in [0, 0.05) is 28.9 Å². The zero-order valence-electron chi connectivity index (χ0n) is 17.2. The molecule has 1 atom stereocenters. The van der Waals surface area contributed by atoms with Crippen LogP contribution in [-0.2, 0) is 19.1 Å². The van der Waals surface area contributed by atoms with Gasteiger partial charge in [-0.2, -0.15) is 5.10 Å². The molecule has 0 bridgehead atoms. The fraction of sp³-hybridized carbons (Fsp3) is 0.273. The first kappa shape index (κ1) is 23.4. The highest BCUT2D eigenvalue weighted by atomic mass is 79.9. The van der Waals surface area contributed by atoms with Crippen LogP contribution in [-0.4, -0.2) is 49.8 Å². The molecule has 0 aliphatic carbocycles. The van der Waals surface area contributed by atoms with Gasteiger partial charge in [0.2, 0.25) is 0 Å². The number of carbonyl (C=O) groups excluding carboxylic acids is 3. The van der Waals surface area contributed by atoms with E-state index in [-0.39, 0.29) is 25.2 Å². The van der Waals surface area contributed by atoms with Gasteiger partial charge in [0.1, 0.15) is 5.75 Å². The van der Waals surface area contributed by atoms with Gasteiger partial charge in [-0.15, -0.1) is 0 Å². The summed E-state index contributed by atoms with van der Waals surface area (Å²) in [5.74, 6) is -1.62. The van der Waals surface area contributed by atoms with Crippen LogP contribution in [0.25, 0.3) is 0 Å². The van der Waals surface area contributed by atoms with Gasteiger partial charge in [0.25, 0.3) is 5.91 Å². The molecule has 0 saturated carbocycles. The highest BCUT2D eigenvalue weighted by Gasteiger charge is 2.19. The van der Waals surface area contributed by atoms with E-state index >= 15 is 0 Å². The second-order valence-corrected chi connectivity index (χ2v) is 7.84. The molecule has 1 aliphatic rings. The largest absolute Gasteiger partial charge is 0.483 e. The predicted octanol–water partition coefficient (Wildman–Crippen LogP) is 2.21. The molecule has 1 saturated heterocycles. The summed E-state index contributed by atoms with van der Waals surface area (Å²) in [7, 11) is 0.